The monoisotopic (exact) mass is 359 g/mol. The maximum absolute atomic E-state index is 13.1. The number of anilines is 2. The van der Waals surface area contributed by atoms with Crippen molar-refractivity contribution in [1.82, 2.24) is 4.98 Å². The molecule has 0 bridgehead atoms. The topological polar surface area (TPSA) is 62.3 Å². The van der Waals surface area contributed by atoms with Crippen LogP contribution in [0, 0.1) is 13.8 Å². The molecule has 0 spiro atoms. The zero-order valence-corrected chi connectivity index (χ0v) is 15.5. The third-order valence-corrected chi connectivity index (χ3v) is 4.85. The van der Waals surface area contributed by atoms with Crippen LogP contribution in [0.4, 0.5) is 11.4 Å². The summed E-state index contributed by atoms with van der Waals surface area (Å²) in [6, 6.07) is 15.2. The van der Waals surface area contributed by atoms with Crippen LogP contribution in [0.2, 0.25) is 0 Å². The van der Waals surface area contributed by atoms with E-state index in [-0.39, 0.29) is 11.8 Å². The fraction of sp³-hybridized carbons (Fsp3) is 0.227. The van der Waals surface area contributed by atoms with Gasteiger partial charge in [-0.15, -0.1) is 0 Å². The number of carbonyl (C=O) groups excluding carboxylic acids is 2. The SMILES string of the molecule is Cc1ccc2nc(C)cc(C(=O)Nc3ccccc3N3CCCC3=O)c2c1. The van der Waals surface area contributed by atoms with Gasteiger partial charge in [-0.3, -0.25) is 14.6 Å². The van der Waals surface area contributed by atoms with Gasteiger partial charge < -0.3 is 10.2 Å². The van der Waals surface area contributed by atoms with Crippen LogP contribution < -0.4 is 10.2 Å². The van der Waals surface area contributed by atoms with Crippen LogP contribution in [0.5, 0.6) is 0 Å². The molecule has 0 radical (unpaired) electrons. The lowest BCUT2D eigenvalue weighted by Gasteiger charge is -2.20. The van der Waals surface area contributed by atoms with E-state index < -0.39 is 0 Å². The van der Waals surface area contributed by atoms with Crippen molar-refractivity contribution in [2.75, 3.05) is 16.8 Å². The minimum atomic E-state index is -0.199. The first kappa shape index (κ1) is 17.2. The molecule has 0 aliphatic carbocycles. The molecule has 0 atom stereocenters. The molecule has 1 fully saturated rings. The fourth-order valence-electron chi connectivity index (χ4n) is 3.57. The Balaban J connectivity index is 1.73. The molecule has 27 heavy (non-hydrogen) atoms. The molecule has 1 aliphatic heterocycles. The number of carbonyl (C=O) groups is 2. The van der Waals surface area contributed by atoms with Gasteiger partial charge in [0.2, 0.25) is 5.91 Å². The number of aromatic nitrogens is 1. The third kappa shape index (κ3) is 3.28. The summed E-state index contributed by atoms with van der Waals surface area (Å²) < 4.78 is 0. The minimum absolute atomic E-state index is 0.0949. The summed E-state index contributed by atoms with van der Waals surface area (Å²) in [5.41, 5.74) is 4.65. The van der Waals surface area contributed by atoms with Gasteiger partial charge in [0.1, 0.15) is 0 Å². The molecule has 1 aromatic heterocycles. The predicted molar refractivity (Wildman–Crippen MR) is 107 cm³/mol. The molecule has 5 nitrogen and oxygen atoms in total. The van der Waals surface area contributed by atoms with E-state index in [1.165, 1.54) is 0 Å². The number of pyridine rings is 1. The maximum atomic E-state index is 13.1. The molecule has 2 aromatic carbocycles. The Morgan fingerprint density at radius 2 is 1.93 bits per heavy atom. The van der Waals surface area contributed by atoms with E-state index in [1.54, 1.807) is 11.0 Å². The molecule has 136 valence electrons. The highest BCUT2D eigenvalue weighted by molar-refractivity contribution is 6.14. The lowest BCUT2D eigenvalue weighted by Crippen LogP contribution is -2.25. The van der Waals surface area contributed by atoms with E-state index in [1.807, 2.05) is 56.3 Å². The molecule has 2 heterocycles. The summed E-state index contributed by atoms with van der Waals surface area (Å²) in [6.07, 6.45) is 1.39. The second kappa shape index (κ2) is 6.83. The number of nitrogens with one attached hydrogen (secondary N) is 1. The molecular formula is C22H21N3O2. The average molecular weight is 359 g/mol. The Kier molecular flexibility index (Phi) is 4.36. The molecule has 1 saturated heterocycles. The van der Waals surface area contributed by atoms with Crippen molar-refractivity contribution in [3.05, 3.63) is 65.4 Å². The first-order chi connectivity index (χ1) is 13.0. The Morgan fingerprint density at radius 1 is 1.11 bits per heavy atom. The van der Waals surface area contributed by atoms with Crippen LogP contribution >= 0.6 is 0 Å². The zero-order valence-electron chi connectivity index (χ0n) is 15.5. The maximum Gasteiger partial charge on any atom is 0.256 e. The second-order valence-corrected chi connectivity index (χ2v) is 6.95. The molecule has 4 rings (SSSR count). The van der Waals surface area contributed by atoms with Crippen molar-refractivity contribution < 1.29 is 9.59 Å². The van der Waals surface area contributed by atoms with Crippen molar-refractivity contribution in [2.24, 2.45) is 0 Å². The third-order valence-electron chi connectivity index (χ3n) is 4.85. The number of fused-ring (bicyclic) bond motifs is 1. The quantitative estimate of drug-likeness (QED) is 0.761. The number of amides is 2. The summed E-state index contributed by atoms with van der Waals surface area (Å²) in [6.45, 7) is 4.56. The number of aryl methyl sites for hydroxylation is 2. The molecule has 5 heteroatoms. The summed E-state index contributed by atoms with van der Waals surface area (Å²) in [7, 11) is 0. The summed E-state index contributed by atoms with van der Waals surface area (Å²) in [5.74, 6) is -0.104. The smallest absolute Gasteiger partial charge is 0.256 e. The number of hydrogen-bond acceptors (Lipinski definition) is 3. The Morgan fingerprint density at radius 3 is 2.70 bits per heavy atom. The van der Waals surface area contributed by atoms with Crippen molar-refractivity contribution in [3.63, 3.8) is 0 Å². The predicted octanol–water partition coefficient (Wildman–Crippen LogP) is 4.23. The van der Waals surface area contributed by atoms with E-state index in [0.29, 0.717) is 24.2 Å². The van der Waals surface area contributed by atoms with Crippen LogP contribution in [-0.2, 0) is 4.79 Å². The van der Waals surface area contributed by atoms with E-state index >= 15 is 0 Å². The minimum Gasteiger partial charge on any atom is -0.320 e. The number of para-hydroxylation sites is 2. The lowest BCUT2D eigenvalue weighted by atomic mass is 10.0. The highest BCUT2D eigenvalue weighted by Gasteiger charge is 2.24. The van der Waals surface area contributed by atoms with E-state index in [4.69, 9.17) is 0 Å². The van der Waals surface area contributed by atoms with Crippen molar-refractivity contribution in [3.8, 4) is 0 Å². The molecule has 0 saturated carbocycles. The highest BCUT2D eigenvalue weighted by Crippen LogP contribution is 2.30. The molecule has 0 unspecified atom stereocenters. The van der Waals surface area contributed by atoms with Gasteiger partial charge in [0.15, 0.2) is 0 Å². The molecule has 1 aliphatic rings. The summed E-state index contributed by atoms with van der Waals surface area (Å²) in [4.78, 5) is 31.5. The second-order valence-electron chi connectivity index (χ2n) is 6.95. The summed E-state index contributed by atoms with van der Waals surface area (Å²) >= 11 is 0. The summed E-state index contributed by atoms with van der Waals surface area (Å²) in [5, 5.41) is 3.83. The average Bonchev–Trinajstić information content (AvgIpc) is 3.07. The van der Waals surface area contributed by atoms with Gasteiger partial charge in [-0.2, -0.15) is 0 Å². The molecular weight excluding hydrogens is 338 g/mol. The molecule has 2 amide bonds. The normalized spacial score (nSPS) is 14.0. The van der Waals surface area contributed by atoms with E-state index in [9.17, 15) is 9.59 Å². The van der Waals surface area contributed by atoms with Gasteiger partial charge >= 0.3 is 0 Å². The van der Waals surface area contributed by atoms with Crippen LogP contribution in [0.15, 0.2) is 48.5 Å². The van der Waals surface area contributed by atoms with Crippen molar-refractivity contribution in [1.29, 1.82) is 0 Å². The zero-order chi connectivity index (χ0) is 19.0. The lowest BCUT2D eigenvalue weighted by molar-refractivity contribution is -0.117. The number of hydrogen-bond donors (Lipinski definition) is 1. The van der Waals surface area contributed by atoms with Gasteiger partial charge in [-0.05, 0) is 50.6 Å². The van der Waals surface area contributed by atoms with E-state index in [0.717, 1.165) is 34.3 Å². The van der Waals surface area contributed by atoms with Gasteiger partial charge in [-0.25, -0.2) is 0 Å². The number of nitrogens with zero attached hydrogens (tertiary/aromatic N) is 2. The number of benzene rings is 2. The van der Waals surface area contributed by atoms with Gasteiger partial charge in [0.05, 0.1) is 22.5 Å². The van der Waals surface area contributed by atoms with Gasteiger partial charge in [-0.1, -0.05) is 23.8 Å². The van der Waals surface area contributed by atoms with Crippen LogP contribution in [0.3, 0.4) is 0 Å². The van der Waals surface area contributed by atoms with Crippen molar-refractivity contribution >= 4 is 34.1 Å². The first-order valence-electron chi connectivity index (χ1n) is 9.12. The standard InChI is InChI=1S/C22H21N3O2/c1-14-9-10-18-16(12-14)17(13-15(2)23-18)22(27)24-19-6-3-4-7-20(19)25-11-5-8-21(25)26/h3-4,6-7,9-10,12-13H,5,8,11H2,1-2H3,(H,24,27). The highest BCUT2D eigenvalue weighted by atomic mass is 16.2. The van der Waals surface area contributed by atoms with Gasteiger partial charge in [0, 0.05) is 24.0 Å². The van der Waals surface area contributed by atoms with Crippen LogP contribution in [-0.4, -0.2) is 23.3 Å². The van der Waals surface area contributed by atoms with Crippen LogP contribution in [0.25, 0.3) is 10.9 Å². The number of rotatable bonds is 3. The van der Waals surface area contributed by atoms with Gasteiger partial charge in [0.25, 0.3) is 5.91 Å². The fourth-order valence-corrected chi connectivity index (χ4v) is 3.57. The Bertz CT molecular complexity index is 1060. The largest absolute Gasteiger partial charge is 0.320 e. The van der Waals surface area contributed by atoms with Crippen molar-refractivity contribution in [2.45, 2.75) is 26.7 Å². The van der Waals surface area contributed by atoms with Crippen LogP contribution in [0.1, 0.15) is 34.5 Å². The van der Waals surface area contributed by atoms with E-state index in [2.05, 4.69) is 10.3 Å². The molecule has 1 N–H and O–H groups in total. The Hall–Kier alpha value is -3.21. The Labute approximate surface area is 158 Å². The molecule has 3 aromatic rings. The first-order valence-corrected chi connectivity index (χ1v) is 9.12.